The molecule has 1 amide bonds. The molecule has 108 valence electrons. The summed E-state index contributed by atoms with van der Waals surface area (Å²) in [5, 5.41) is 2.99. The Labute approximate surface area is 124 Å². The van der Waals surface area contributed by atoms with Gasteiger partial charge in [-0.2, -0.15) is 0 Å². The monoisotopic (exact) mass is 281 g/mol. The number of aryl methyl sites for hydroxylation is 1. The molecule has 1 atom stereocenters. The summed E-state index contributed by atoms with van der Waals surface area (Å²) in [6, 6.07) is 13.7. The second-order valence-electron chi connectivity index (χ2n) is 5.52. The van der Waals surface area contributed by atoms with Crippen molar-refractivity contribution in [3.05, 3.63) is 64.7 Å². The van der Waals surface area contributed by atoms with Crippen LogP contribution < -0.4 is 5.32 Å². The van der Waals surface area contributed by atoms with Crippen molar-refractivity contribution >= 4 is 11.6 Å². The van der Waals surface area contributed by atoms with Crippen LogP contribution in [0.25, 0.3) is 0 Å². The Hall–Kier alpha value is -2.13. The van der Waals surface area contributed by atoms with E-state index in [1.807, 2.05) is 50.2 Å². The van der Waals surface area contributed by atoms with Crippen LogP contribution in [-0.2, 0) is 11.2 Å². The number of anilines is 1. The minimum Gasteiger partial charge on any atom is -0.373 e. The highest BCUT2D eigenvalue weighted by Crippen LogP contribution is 2.22. The number of ether oxygens (including phenoxy) is 1. The molecule has 0 spiro atoms. The maximum absolute atomic E-state index is 12.5. The molecular formula is C18H19NO2. The van der Waals surface area contributed by atoms with Gasteiger partial charge in [-0.3, -0.25) is 4.79 Å². The zero-order valence-corrected chi connectivity index (χ0v) is 12.3. The molecule has 21 heavy (non-hydrogen) atoms. The second-order valence-corrected chi connectivity index (χ2v) is 5.52. The standard InChI is InChI=1S/C18H19NO2/c1-12-6-3-4-9-17(12)19-18(20)16-8-5-7-14(13(16)2)10-15-11-21-15/h3-9,15H,10-11H2,1-2H3,(H,19,20). The lowest BCUT2D eigenvalue weighted by Gasteiger charge is -2.12. The molecule has 3 heteroatoms. The van der Waals surface area contributed by atoms with Crippen molar-refractivity contribution in [3.63, 3.8) is 0 Å². The fraction of sp³-hybridized carbons (Fsp3) is 0.278. The summed E-state index contributed by atoms with van der Waals surface area (Å²) in [4.78, 5) is 12.5. The van der Waals surface area contributed by atoms with Crippen LogP contribution in [-0.4, -0.2) is 18.6 Å². The summed E-state index contributed by atoms with van der Waals surface area (Å²) >= 11 is 0. The van der Waals surface area contributed by atoms with Gasteiger partial charge in [-0.15, -0.1) is 0 Å². The Bertz CT molecular complexity index is 675. The number of carbonyl (C=O) groups is 1. The van der Waals surface area contributed by atoms with Gasteiger partial charge >= 0.3 is 0 Å². The van der Waals surface area contributed by atoms with Crippen molar-refractivity contribution in [1.29, 1.82) is 0 Å². The summed E-state index contributed by atoms with van der Waals surface area (Å²) in [5.41, 5.74) is 4.88. The second kappa shape index (κ2) is 5.70. The van der Waals surface area contributed by atoms with Gasteiger partial charge in [-0.05, 0) is 42.7 Å². The molecule has 0 aromatic heterocycles. The number of amides is 1. The SMILES string of the molecule is Cc1ccccc1NC(=O)c1cccc(CC2CO2)c1C. The van der Waals surface area contributed by atoms with Crippen molar-refractivity contribution in [3.8, 4) is 0 Å². The minimum atomic E-state index is -0.0552. The Balaban J connectivity index is 1.82. The number of hydrogen-bond donors (Lipinski definition) is 1. The Kier molecular flexibility index (Phi) is 3.76. The van der Waals surface area contributed by atoms with Gasteiger partial charge in [0.1, 0.15) is 0 Å². The normalized spacial score (nSPS) is 16.6. The van der Waals surface area contributed by atoms with Gasteiger partial charge in [0.2, 0.25) is 0 Å². The van der Waals surface area contributed by atoms with E-state index >= 15 is 0 Å². The van der Waals surface area contributed by atoms with E-state index in [0.717, 1.165) is 35.4 Å². The third-order valence-corrected chi connectivity index (χ3v) is 3.93. The minimum absolute atomic E-state index is 0.0552. The highest BCUT2D eigenvalue weighted by molar-refractivity contribution is 6.05. The Morgan fingerprint density at radius 2 is 1.95 bits per heavy atom. The molecule has 1 saturated heterocycles. The topological polar surface area (TPSA) is 41.6 Å². The quantitative estimate of drug-likeness (QED) is 0.871. The van der Waals surface area contributed by atoms with Crippen LogP contribution in [0.4, 0.5) is 5.69 Å². The Morgan fingerprint density at radius 1 is 1.19 bits per heavy atom. The first-order valence-corrected chi connectivity index (χ1v) is 7.22. The number of nitrogens with one attached hydrogen (secondary N) is 1. The molecule has 1 N–H and O–H groups in total. The first kappa shape index (κ1) is 13.8. The van der Waals surface area contributed by atoms with Crippen LogP contribution in [0.1, 0.15) is 27.0 Å². The molecular weight excluding hydrogens is 262 g/mol. The molecule has 1 unspecified atom stereocenters. The first-order chi connectivity index (χ1) is 10.1. The fourth-order valence-electron chi connectivity index (χ4n) is 2.48. The maximum Gasteiger partial charge on any atom is 0.255 e. The molecule has 0 saturated carbocycles. The number of epoxide rings is 1. The molecule has 1 aliphatic heterocycles. The maximum atomic E-state index is 12.5. The summed E-state index contributed by atoms with van der Waals surface area (Å²) in [7, 11) is 0. The van der Waals surface area contributed by atoms with Crippen molar-refractivity contribution in [2.45, 2.75) is 26.4 Å². The zero-order valence-electron chi connectivity index (χ0n) is 12.3. The molecule has 1 aliphatic rings. The third kappa shape index (κ3) is 3.14. The number of para-hydroxylation sites is 1. The van der Waals surface area contributed by atoms with E-state index in [1.54, 1.807) is 0 Å². The lowest BCUT2D eigenvalue weighted by molar-refractivity contribution is 0.102. The van der Waals surface area contributed by atoms with Crippen LogP contribution in [0, 0.1) is 13.8 Å². The summed E-state index contributed by atoms with van der Waals surface area (Å²) in [5.74, 6) is -0.0552. The lowest BCUT2D eigenvalue weighted by atomic mass is 9.98. The van der Waals surface area contributed by atoms with Crippen LogP contribution in [0.5, 0.6) is 0 Å². The highest BCUT2D eigenvalue weighted by Gasteiger charge is 2.24. The summed E-state index contributed by atoms with van der Waals surface area (Å²) in [6.07, 6.45) is 1.22. The lowest BCUT2D eigenvalue weighted by Crippen LogP contribution is -2.15. The number of carbonyl (C=O) groups excluding carboxylic acids is 1. The molecule has 0 radical (unpaired) electrons. The van der Waals surface area contributed by atoms with Crippen molar-refractivity contribution in [1.82, 2.24) is 0 Å². The van der Waals surface area contributed by atoms with Gasteiger partial charge in [0.15, 0.2) is 0 Å². The van der Waals surface area contributed by atoms with E-state index < -0.39 is 0 Å². The van der Waals surface area contributed by atoms with E-state index in [9.17, 15) is 4.79 Å². The Morgan fingerprint density at radius 3 is 2.67 bits per heavy atom. The number of hydrogen-bond acceptors (Lipinski definition) is 2. The van der Waals surface area contributed by atoms with E-state index in [-0.39, 0.29) is 5.91 Å². The van der Waals surface area contributed by atoms with Crippen LogP contribution >= 0.6 is 0 Å². The predicted molar refractivity (Wildman–Crippen MR) is 83.8 cm³/mol. The summed E-state index contributed by atoms with van der Waals surface area (Å²) in [6.45, 7) is 4.83. The van der Waals surface area contributed by atoms with E-state index in [0.29, 0.717) is 6.10 Å². The summed E-state index contributed by atoms with van der Waals surface area (Å²) < 4.78 is 5.28. The van der Waals surface area contributed by atoms with E-state index in [1.165, 1.54) is 5.56 Å². The fourth-order valence-corrected chi connectivity index (χ4v) is 2.48. The van der Waals surface area contributed by atoms with Crippen molar-refractivity contribution < 1.29 is 9.53 Å². The van der Waals surface area contributed by atoms with Crippen molar-refractivity contribution in [2.75, 3.05) is 11.9 Å². The molecule has 2 aromatic carbocycles. The molecule has 2 aromatic rings. The van der Waals surface area contributed by atoms with Crippen LogP contribution in [0.2, 0.25) is 0 Å². The third-order valence-electron chi connectivity index (χ3n) is 3.93. The van der Waals surface area contributed by atoms with Gasteiger partial charge in [0.05, 0.1) is 12.7 Å². The van der Waals surface area contributed by atoms with Crippen LogP contribution in [0.15, 0.2) is 42.5 Å². The van der Waals surface area contributed by atoms with Gasteiger partial charge in [0.25, 0.3) is 5.91 Å². The van der Waals surface area contributed by atoms with Crippen LogP contribution in [0.3, 0.4) is 0 Å². The van der Waals surface area contributed by atoms with Gasteiger partial charge < -0.3 is 10.1 Å². The number of benzene rings is 2. The number of rotatable bonds is 4. The van der Waals surface area contributed by atoms with Gasteiger partial charge in [-0.25, -0.2) is 0 Å². The molecule has 0 bridgehead atoms. The smallest absolute Gasteiger partial charge is 0.255 e. The highest BCUT2D eigenvalue weighted by atomic mass is 16.6. The molecule has 3 rings (SSSR count). The first-order valence-electron chi connectivity index (χ1n) is 7.22. The van der Waals surface area contributed by atoms with Gasteiger partial charge in [0, 0.05) is 17.7 Å². The van der Waals surface area contributed by atoms with Crippen molar-refractivity contribution in [2.24, 2.45) is 0 Å². The average molecular weight is 281 g/mol. The predicted octanol–water partition coefficient (Wildman–Crippen LogP) is 3.50. The van der Waals surface area contributed by atoms with E-state index in [4.69, 9.17) is 4.74 Å². The largest absolute Gasteiger partial charge is 0.373 e. The van der Waals surface area contributed by atoms with Gasteiger partial charge in [-0.1, -0.05) is 30.3 Å². The average Bonchev–Trinajstić information content (AvgIpc) is 3.27. The molecule has 1 heterocycles. The molecule has 0 aliphatic carbocycles. The zero-order chi connectivity index (χ0) is 14.8. The molecule has 1 fully saturated rings. The van der Waals surface area contributed by atoms with E-state index in [2.05, 4.69) is 11.4 Å². The molecule has 3 nitrogen and oxygen atoms in total.